The van der Waals surface area contributed by atoms with E-state index in [-0.39, 0.29) is 5.91 Å². The maximum Gasteiger partial charge on any atom is 0.336 e. The number of methoxy groups -OCH3 is 1. The standard InChI is InChI=1S/C14H15ClN2O3/c1-8(18)17-14(2,13(19)20-3)11-7-16-12-5-4-9(15)6-10(11)12/h4-7,16H,1-3H3,(H,17,18). The van der Waals surface area contributed by atoms with Crippen LogP contribution in [0.4, 0.5) is 0 Å². The van der Waals surface area contributed by atoms with Crippen molar-refractivity contribution in [3.8, 4) is 0 Å². The van der Waals surface area contributed by atoms with Crippen LogP contribution in [0.15, 0.2) is 24.4 Å². The number of H-pyrrole nitrogens is 1. The van der Waals surface area contributed by atoms with Crippen LogP contribution in [0, 0.1) is 0 Å². The summed E-state index contributed by atoms with van der Waals surface area (Å²) < 4.78 is 4.82. The van der Waals surface area contributed by atoms with Crippen molar-refractivity contribution in [1.82, 2.24) is 10.3 Å². The fourth-order valence-corrected chi connectivity index (χ4v) is 2.46. The SMILES string of the molecule is COC(=O)C(C)(NC(C)=O)c1c[nH]c2ccc(Cl)cc12. The number of esters is 1. The van der Waals surface area contributed by atoms with Crippen LogP contribution in [0.2, 0.25) is 5.02 Å². The lowest BCUT2D eigenvalue weighted by molar-refractivity contribution is -0.150. The minimum atomic E-state index is -1.27. The first-order valence-corrected chi connectivity index (χ1v) is 6.40. The fraction of sp³-hybridized carbons (Fsp3) is 0.286. The van der Waals surface area contributed by atoms with E-state index in [1.807, 2.05) is 6.07 Å². The molecule has 0 bridgehead atoms. The normalized spacial score (nSPS) is 13.8. The highest BCUT2D eigenvalue weighted by molar-refractivity contribution is 6.31. The van der Waals surface area contributed by atoms with Gasteiger partial charge in [0.25, 0.3) is 0 Å². The van der Waals surface area contributed by atoms with Gasteiger partial charge in [0.1, 0.15) is 0 Å². The van der Waals surface area contributed by atoms with Crippen LogP contribution >= 0.6 is 11.6 Å². The van der Waals surface area contributed by atoms with E-state index in [1.54, 1.807) is 25.3 Å². The highest BCUT2D eigenvalue weighted by atomic mass is 35.5. The molecule has 1 amide bonds. The number of aromatic amines is 1. The lowest BCUT2D eigenvalue weighted by Gasteiger charge is -2.27. The molecule has 0 saturated carbocycles. The topological polar surface area (TPSA) is 71.2 Å². The van der Waals surface area contributed by atoms with Crippen LogP contribution in [0.3, 0.4) is 0 Å². The Kier molecular flexibility index (Phi) is 3.72. The van der Waals surface area contributed by atoms with Crippen LogP contribution in [0.1, 0.15) is 19.4 Å². The Bertz CT molecular complexity index is 680. The van der Waals surface area contributed by atoms with E-state index < -0.39 is 11.5 Å². The predicted octanol–water partition coefficient (Wildman–Crippen LogP) is 2.35. The molecule has 1 atom stereocenters. The van der Waals surface area contributed by atoms with Crippen LogP contribution < -0.4 is 5.32 Å². The molecule has 2 rings (SSSR count). The first-order chi connectivity index (χ1) is 9.38. The lowest BCUT2D eigenvalue weighted by atomic mass is 9.91. The molecular weight excluding hydrogens is 280 g/mol. The maximum absolute atomic E-state index is 12.1. The summed E-state index contributed by atoms with van der Waals surface area (Å²) in [6.45, 7) is 2.95. The minimum absolute atomic E-state index is 0.325. The van der Waals surface area contributed by atoms with Gasteiger partial charge in [-0.1, -0.05) is 11.6 Å². The van der Waals surface area contributed by atoms with Gasteiger partial charge in [0.15, 0.2) is 5.54 Å². The molecule has 0 radical (unpaired) electrons. The number of fused-ring (bicyclic) bond motifs is 1. The van der Waals surface area contributed by atoms with Crippen molar-refractivity contribution < 1.29 is 14.3 Å². The fourth-order valence-electron chi connectivity index (χ4n) is 2.29. The Morgan fingerprint density at radius 1 is 1.40 bits per heavy atom. The second kappa shape index (κ2) is 5.17. The number of amides is 1. The van der Waals surface area contributed by atoms with Gasteiger partial charge in [-0.2, -0.15) is 0 Å². The molecule has 1 unspecified atom stereocenters. The second-order valence-corrected chi connectivity index (χ2v) is 5.13. The quantitative estimate of drug-likeness (QED) is 0.854. The van der Waals surface area contributed by atoms with Crippen LogP contribution in [-0.4, -0.2) is 24.0 Å². The molecule has 5 nitrogen and oxygen atoms in total. The Morgan fingerprint density at radius 2 is 2.10 bits per heavy atom. The first-order valence-electron chi connectivity index (χ1n) is 6.02. The molecule has 20 heavy (non-hydrogen) atoms. The van der Waals surface area contributed by atoms with Crippen molar-refractivity contribution in [1.29, 1.82) is 0 Å². The molecule has 2 aromatic rings. The summed E-state index contributed by atoms with van der Waals surface area (Å²) in [6.07, 6.45) is 1.67. The highest BCUT2D eigenvalue weighted by Crippen LogP contribution is 2.31. The van der Waals surface area contributed by atoms with Crippen LogP contribution in [0.25, 0.3) is 10.9 Å². The van der Waals surface area contributed by atoms with Gasteiger partial charge in [0.2, 0.25) is 5.91 Å². The third kappa shape index (κ3) is 2.36. The number of hydrogen-bond acceptors (Lipinski definition) is 3. The van der Waals surface area contributed by atoms with Gasteiger partial charge < -0.3 is 15.0 Å². The van der Waals surface area contributed by atoms with Crippen molar-refractivity contribution in [2.75, 3.05) is 7.11 Å². The molecule has 0 aliphatic rings. The molecule has 1 aromatic heterocycles. The summed E-state index contributed by atoms with van der Waals surface area (Å²) in [5, 5.41) is 3.96. The van der Waals surface area contributed by atoms with E-state index in [0.717, 1.165) is 10.9 Å². The Labute approximate surface area is 121 Å². The number of rotatable bonds is 3. The number of carbonyl (C=O) groups excluding carboxylic acids is 2. The molecule has 0 aliphatic carbocycles. The lowest BCUT2D eigenvalue weighted by Crippen LogP contribution is -2.49. The summed E-state index contributed by atoms with van der Waals surface area (Å²) in [5.41, 5.74) is 0.158. The monoisotopic (exact) mass is 294 g/mol. The average Bonchev–Trinajstić information content (AvgIpc) is 2.80. The van der Waals surface area contributed by atoms with E-state index in [2.05, 4.69) is 10.3 Å². The van der Waals surface area contributed by atoms with Gasteiger partial charge in [0.05, 0.1) is 7.11 Å². The van der Waals surface area contributed by atoms with Gasteiger partial charge in [-0.15, -0.1) is 0 Å². The Balaban J connectivity index is 2.65. The zero-order valence-electron chi connectivity index (χ0n) is 11.4. The van der Waals surface area contributed by atoms with E-state index in [1.165, 1.54) is 14.0 Å². The third-order valence-corrected chi connectivity index (χ3v) is 3.44. The third-order valence-electron chi connectivity index (χ3n) is 3.20. The Hall–Kier alpha value is -2.01. The van der Waals surface area contributed by atoms with Gasteiger partial charge in [-0.25, -0.2) is 4.79 Å². The van der Waals surface area contributed by atoms with Gasteiger partial charge in [-0.05, 0) is 25.1 Å². The average molecular weight is 295 g/mol. The van der Waals surface area contributed by atoms with E-state index in [0.29, 0.717) is 10.6 Å². The zero-order valence-corrected chi connectivity index (χ0v) is 12.2. The molecule has 1 aromatic carbocycles. The van der Waals surface area contributed by atoms with Crippen molar-refractivity contribution in [2.24, 2.45) is 0 Å². The molecule has 6 heteroatoms. The molecule has 106 valence electrons. The summed E-state index contributed by atoms with van der Waals surface area (Å²) in [7, 11) is 1.28. The van der Waals surface area contributed by atoms with Gasteiger partial charge in [-0.3, -0.25) is 4.79 Å². The molecule has 0 fully saturated rings. The summed E-state index contributed by atoms with van der Waals surface area (Å²) in [4.78, 5) is 26.6. The molecule has 0 spiro atoms. The zero-order chi connectivity index (χ0) is 14.9. The largest absolute Gasteiger partial charge is 0.467 e. The molecule has 0 aliphatic heterocycles. The second-order valence-electron chi connectivity index (χ2n) is 4.69. The number of benzene rings is 1. The number of carbonyl (C=O) groups is 2. The van der Waals surface area contributed by atoms with Gasteiger partial charge in [0, 0.05) is 34.6 Å². The summed E-state index contributed by atoms with van der Waals surface area (Å²) >= 11 is 6.00. The van der Waals surface area contributed by atoms with Gasteiger partial charge >= 0.3 is 5.97 Å². The smallest absolute Gasteiger partial charge is 0.336 e. The highest BCUT2D eigenvalue weighted by Gasteiger charge is 2.39. The summed E-state index contributed by atoms with van der Waals surface area (Å²) in [6, 6.07) is 5.30. The molecule has 0 saturated heterocycles. The predicted molar refractivity (Wildman–Crippen MR) is 76.5 cm³/mol. The number of ether oxygens (including phenoxy) is 1. The van der Waals surface area contributed by atoms with Crippen molar-refractivity contribution in [3.05, 3.63) is 35.0 Å². The number of nitrogens with one attached hydrogen (secondary N) is 2. The summed E-state index contributed by atoms with van der Waals surface area (Å²) in [5.74, 6) is -0.872. The number of aromatic nitrogens is 1. The molecular formula is C14H15ClN2O3. The van der Waals surface area contributed by atoms with Crippen molar-refractivity contribution >= 4 is 34.4 Å². The number of hydrogen-bond donors (Lipinski definition) is 2. The van der Waals surface area contributed by atoms with E-state index in [4.69, 9.17) is 16.3 Å². The van der Waals surface area contributed by atoms with Crippen molar-refractivity contribution in [3.63, 3.8) is 0 Å². The van der Waals surface area contributed by atoms with Crippen LogP contribution in [-0.2, 0) is 19.9 Å². The maximum atomic E-state index is 12.1. The number of halogens is 1. The minimum Gasteiger partial charge on any atom is -0.467 e. The van der Waals surface area contributed by atoms with Crippen molar-refractivity contribution in [2.45, 2.75) is 19.4 Å². The molecule has 1 heterocycles. The van der Waals surface area contributed by atoms with E-state index in [9.17, 15) is 9.59 Å². The Morgan fingerprint density at radius 3 is 2.70 bits per heavy atom. The van der Waals surface area contributed by atoms with E-state index >= 15 is 0 Å². The first kappa shape index (κ1) is 14.4. The van der Waals surface area contributed by atoms with Crippen LogP contribution in [0.5, 0.6) is 0 Å². The molecule has 2 N–H and O–H groups in total.